The topological polar surface area (TPSA) is 52.7 Å². The molecule has 5 nitrogen and oxygen atoms in total. The lowest BCUT2D eigenvalue weighted by Gasteiger charge is -2.35. The van der Waals surface area contributed by atoms with Gasteiger partial charge >= 0.3 is 6.03 Å². The van der Waals surface area contributed by atoms with E-state index in [-0.39, 0.29) is 17.8 Å². The van der Waals surface area contributed by atoms with E-state index in [9.17, 15) is 14.0 Å². The molecular weight excluding hydrogens is 297 g/mol. The predicted molar refractivity (Wildman–Crippen MR) is 84.7 cm³/mol. The third-order valence-corrected chi connectivity index (χ3v) is 4.63. The van der Waals surface area contributed by atoms with Gasteiger partial charge in [0, 0.05) is 37.8 Å². The Labute approximate surface area is 135 Å². The average Bonchev–Trinajstić information content (AvgIpc) is 3.08. The van der Waals surface area contributed by atoms with E-state index in [1.165, 1.54) is 37.1 Å². The summed E-state index contributed by atoms with van der Waals surface area (Å²) in [4.78, 5) is 28.0. The van der Waals surface area contributed by atoms with Gasteiger partial charge in [-0.2, -0.15) is 0 Å². The van der Waals surface area contributed by atoms with Crippen LogP contribution >= 0.6 is 0 Å². The maximum Gasteiger partial charge on any atom is 0.317 e. The number of carbonyl (C=O) groups excluding carboxylic acids is 2. The average molecular weight is 319 g/mol. The van der Waals surface area contributed by atoms with Crippen molar-refractivity contribution in [2.75, 3.05) is 26.2 Å². The van der Waals surface area contributed by atoms with Crippen molar-refractivity contribution in [1.29, 1.82) is 0 Å². The highest BCUT2D eigenvalue weighted by Crippen LogP contribution is 2.18. The van der Waals surface area contributed by atoms with Crippen LogP contribution in [-0.2, 0) is 0 Å². The van der Waals surface area contributed by atoms with Gasteiger partial charge in [-0.25, -0.2) is 9.18 Å². The summed E-state index contributed by atoms with van der Waals surface area (Å²) in [5.74, 6) is -0.462. The predicted octanol–water partition coefficient (Wildman–Crippen LogP) is 2.24. The smallest absolute Gasteiger partial charge is 0.317 e. The maximum absolute atomic E-state index is 12.9. The zero-order valence-corrected chi connectivity index (χ0v) is 13.1. The number of hydrogen-bond acceptors (Lipinski definition) is 2. The number of benzene rings is 1. The molecule has 124 valence electrons. The van der Waals surface area contributed by atoms with Crippen molar-refractivity contribution < 1.29 is 14.0 Å². The van der Waals surface area contributed by atoms with E-state index < -0.39 is 0 Å². The Balaban J connectivity index is 1.50. The van der Waals surface area contributed by atoms with Crippen molar-refractivity contribution in [3.63, 3.8) is 0 Å². The third-order valence-electron chi connectivity index (χ3n) is 4.63. The van der Waals surface area contributed by atoms with Gasteiger partial charge < -0.3 is 15.1 Å². The second-order valence-electron chi connectivity index (χ2n) is 6.22. The Kier molecular flexibility index (Phi) is 4.79. The van der Waals surface area contributed by atoms with Crippen molar-refractivity contribution in [1.82, 2.24) is 15.1 Å². The fraction of sp³-hybridized carbons (Fsp3) is 0.529. The quantitative estimate of drug-likeness (QED) is 0.909. The molecule has 0 spiro atoms. The second kappa shape index (κ2) is 6.98. The van der Waals surface area contributed by atoms with Crippen LogP contribution in [0, 0.1) is 5.82 Å². The Morgan fingerprint density at radius 3 is 2.13 bits per heavy atom. The largest absolute Gasteiger partial charge is 0.335 e. The molecule has 3 rings (SSSR count). The number of hydrogen-bond donors (Lipinski definition) is 1. The van der Waals surface area contributed by atoms with E-state index in [1.807, 2.05) is 0 Å². The first-order valence-electron chi connectivity index (χ1n) is 8.24. The summed E-state index contributed by atoms with van der Waals surface area (Å²) in [5, 5.41) is 3.07. The van der Waals surface area contributed by atoms with E-state index in [0.717, 1.165) is 12.8 Å². The van der Waals surface area contributed by atoms with Gasteiger partial charge in [-0.15, -0.1) is 0 Å². The molecule has 1 saturated carbocycles. The summed E-state index contributed by atoms with van der Waals surface area (Å²) in [6.07, 6.45) is 4.50. The molecule has 1 aromatic carbocycles. The molecule has 1 aromatic rings. The summed E-state index contributed by atoms with van der Waals surface area (Å²) >= 11 is 0. The molecule has 3 amide bonds. The summed E-state index contributed by atoms with van der Waals surface area (Å²) in [6.45, 7) is 2.08. The zero-order valence-electron chi connectivity index (χ0n) is 13.1. The molecule has 1 N–H and O–H groups in total. The van der Waals surface area contributed by atoms with Gasteiger partial charge in [0.1, 0.15) is 5.82 Å². The first kappa shape index (κ1) is 15.8. The maximum atomic E-state index is 12.9. The lowest BCUT2D eigenvalue weighted by atomic mass is 10.2. The number of rotatable bonds is 2. The van der Waals surface area contributed by atoms with Crippen LogP contribution in [0.5, 0.6) is 0 Å². The summed E-state index contributed by atoms with van der Waals surface area (Å²) < 4.78 is 12.9. The number of amides is 3. The molecule has 0 radical (unpaired) electrons. The van der Waals surface area contributed by atoms with Gasteiger partial charge in [0.25, 0.3) is 5.91 Å². The number of urea groups is 1. The lowest BCUT2D eigenvalue weighted by molar-refractivity contribution is 0.0663. The minimum absolute atomic E-state index is 0.0224. The van der Waals surface area contributed by atoms with E-state index in [0.29, 0.717) is 37.8 Å². The SMILES string of the molecule is O=C(NC1CCCC1)N1CCN(C(=O)c2ccc(F)cc2)CC1. The van der Waals surface area contributed by atoms with Crippen molar-refractivity contribution in [3.05, 3.63) is 35.6 Å². The van der Waals surface area contributed by atoms with Crippen LogP contribution in [0.25, 0.3) is 0 Å². The fourth-order valence-electron chi connectivity index (χ4n) is 3.22. The van der Waals surface area contributed by atoms with Crippen molar-refractivity contribution >= 4 is 11.9 Å². The highest BCUT2D eigenvalue weighted by atomic mass is 19.1. The number of piperazine rings is 1. The standard InChI is InChI=1S/C17H22FN3O2/c18-14-7-5-13(6-8-14)16(22)20-9-11-21(12-10-20)17(23)19-15-3-1-2-4-15/h5-8,15H,1-4,9-12H2,(H,19,23). The Bertz CT molecular complexity index is 562. The van der Waals surface area contributed by atoms with Crippen LogP contribution in [0.2, 0.25) is 0 Å². The third kappa shape index (κ3) is 3.81. The number of nitrogens with zero attached hydrogens (tertiary/aromatic N) is 2. The molecule has 0 bridgehead atoms. The monoisotopic (exact) mass is 319 g/mol. The van der Waals surface area contributed by atoms with Gasteiger partial charge in [-0.05, 0) is 37.1 Å². The van der Waals surface area contributed by atoms with Crippen LogP contribution in [0.3, 0.4) is 0 Å². The first-order chi connectivity index (χ1) is 11.1. The molecule has 1 aliphatic heterocycles. The van der Waals surface area contributed by atoms with Gasteiger partial charge in [0.2, 0.25) is 0 Å². The molecule has 0 unspecified atom stereocenters. The van der Waals surface area contributed by atoms with Crippen LogP contribution in [-0.4, -0.2) is 54.0 Å². The fourth-order valence-corrected chi connectivity index (χ4v) is 3.22. The minimum atomic E-state index is -0.352. The molecule has 2 fully saturated rings. The van der Waals surface area contributed by atoms with Gasteiger partial charge in [-0.3, -0.25) is 4.79 Å². The molecule has 2 aliphatic rings. The van der Waals surface area contributed by atoms with E-state index in [2.05, 4.69) is 5.32 Å². The molecule has 0 aromatic heterocycles. The van der Waals surface area contributed by atoms with Gasteiger partial charge in [0.05, 0.1) is 0 Å². The van der Waals surface area contributed by atoms with Crippen molar-refractivity contribution in [2.45, 2.75) is 31.7 Å². The van der Waals surface area contributed by atoms with Gasteiger partial charge in [0.15, 0.2) is 0 Å². The Morgan fingerprint density at radius 1 is 0.957 bits per heavy atom. The molecular formula is C17H22FN3O2. The van der Waals surface area contributed by atoms with Gasteiger partial charge in [-0.1, -0.05) is 12.8 Å². The lowest BCUT2D eigenvalue weighted by Crippen LogP contribution is -2.54. The van der Waals surface area contributed by atoms with Crippen LogP contribution < -0.4 is 5.32 Å². The van der Waals surface area contributed by atoms with E-state index in [1.54, 1.807) is 9.80 Å². The number of carbonyl (C=O) groups is 2. The second-order valence-corrected chi connectivity index (χ2v) is 6.22. The number of nitrogens with one attached hydrogen (secondary N) is 1. The molecule has 23 heavy (non-hydrogen) atoms. The normalized spacial score (nSPS) is 19.0. The highest BCUT2D eigenvalue weighted by molar-refractivity contribution is 5.94. The van der Waals surface area contributed by atoms with Crippen LogP contribution in [0.1, 0.15) is 36.0 Å². The summed E-state index contributed by atoms with van der Waals surface area (Å²) in [6, 6.07) is 5.86. The van der Waals surface area contributed by atoms with Crippen LogP contribution in [0.4, 0.5) is 9.18 Å². The molecule has 6 heteroatoms. The van der Waals surface area contributed by atoms with Crippen LogP contribution in [0.15, 0.2) is 24.3 Å². The Hall–Kier alpha value is -2.11. The van der Waals surface area contributed by atoms with E-state index in [4.69, 9.17) is 0 Å². The molecule has 0 atom stereocenters. The zero-order chi connectivity index (χ0) is 16.2. The minimum Gasteiger partial charge on any atom is -0.335 e. The van der Waals surface area contributed by atoms with Crippen molar-refractivity contribution in [3.8, 4) is 0 Å². The Morgan fingerprint density at radius 2 is 1.52 bits per heavy atom. The molecule has 1 saturated heterocycles. The summed E-state index contributed by atoms with van der Waals surface area (Å²) in [5.41, 5.74) is 0.482. The number of halogens is 1. The highest BCUT2D eigenvalue weighted by Gasteiger charge is 2.26. The first-order valence-corrected chi connectivity index (χ1v) is 8.24. The molecule has 1 heterocycles. The van der Waals surface area contributed by atoms with Crippen molar-refractivity contribution in [2.24, 2.45) is 0 Å². The summed E-state index contributed by atoms with van der Waals surface area (Å²) in [7, 11) is 0. The molecule has 1 aliphatic carbocycles. The van der Waals surface area contributed by atoms with E-state index >= 15 is 0 Å².